The fourth-order valence-corrected chi connectivity index (χ4v) is 5.30. The number of thioether (sulfide) groups is 1. The predicted octanol–water partition coefficient (Wildman–Crippen LogP) is -2.00. The maximum atomic E-state index is 12.9. The molecule has 0 radical (unpaired) electrons. The molecule has 1 saturated heterocycles. The number of carbonyl (C=O) groups is 3. The topological polar surface area (TPSA) is 193 Å². The Bertz CT molecular complexity index is 1270. The molecular formula is C20H20N8O5S2. The molecule has 13 nitrogen and oxygen atoms in total. The van der Waals surface area contributed by atoms with Gasteiger partial charge in [0, 0.05) is 23.4 Å². The molecule has 0 spiro atoms. The second-order valence-electron chi connectivity index (χ2n) is 7.34. The molecule has 0 aliphatic carbocycles. The minimum absolute atomic E-state index is 0.0486. The Morgan fingerprint density at radius 1 is 1.46 bits per heavy atom. The van der Waals surface area contributed by atoms with Crippen LogP contribution in [0.3, 0.4) is 0 Å². The van der Waals surface area contributed by atoms with Gasteiger partial charge in [-0.2, -0.15) is 13.9 Å². The number of aromatic nitrogens is 3. The van der Waals surface area contributed by atoms with Gasteiger partial charge in [0.25, 0.3) is 11.8 Å². The Kier molecular flexibility index (Phi) is 6.97. The molecule has 2 aromatic heterocycles. The van der Waals surface area contributed by atoms with Crippen molar-refractivity contribution >= 4 is 57.6 Å². The Morgan fingerprint density at radius 2 is 2.26 bits per heavy atom. The number of allylic oxidation sites excluding steroid dienone is 2. The van der Waals surface area contributed by atoms with Crippen LogP contribution in [0.1, 0.15) is 5.82 Å². The number of nitrogens with zero attached hydrogens (tertiary/aromatic N) is 5. The van der Waals surface area contributed by atoms with Crippen molar-refractivity contribution in [2.24, 2.45) is 5.16 Å². The summed E-state index contributed by atoms with van der Waals surface area (Å²) in [4.78, 5) is 47.3. The number of amides is 2. The van der Waals surface area contributed by atoms with Gasteiger partial charge in [0.2, 0.25) is 11.5 Å². The number of hydrogen-bond acceptors (Lipinski definition) is 12. The van der Waals surface area contributed by atoms with E-state index in [1.807, 2.05) is 10.8 Å². The molecule has 2 aliphatic heterocycles. The third-order valence-corrected chi connectivity index (χ3v) is 6.89. The fourth-order valence-electron chi connectivity index (χ4n) is 3.55. The zero-order valence-corrected chi connectivity index (χ0v) is 19.9. The van der Waals surface area contributed by atoms with Crippen molar-refractivity contribution in [3.05, 3.63) is 53.8 Å². The number of rotatable bonds is 8. The normalized spacial score (nSPS) is 20.0. The number of anilines is 2. The summed E-state index contributed by atoms with van der Waals surface area (Å²) in [5.74, 6) is -2.58. The molecule has 1 unspecified atom stereocenters. The third-order valence-electron chi connectivity index (χ3n) is 5.05. The summed E-state index contributed by atoms with van der Waals surface area (Å²) in [6, 6.07) is 2.58. The first-order valence-corrected chi connectivity index (χ1v) is 11.9. The summed E-state index contributed by atoms with van der Waals surface area (Å²) in [6.45, 7) is 0.451. The highest BCUT2D eigenvalue weighted by Crippen LogP contribution is 2.40. The minimum Gasteiger partial charge on any atom is -0.543 e. The van der Waals surface area contributed by atoms with Crippen molar-refractivity contribution < 1.29 is 28.9 Å². The molecule has 182 valence electrons. The molecule has 4 rings (SSSR count). The van der Waals surface area contributed by atoms with E-state index < -0.39 is 29.2 Å². The van der Waals surface area contributed by atoms with E-state index in [9.17, 15) is 19.5 Å². The number of aliphatic carboxylic acids is 1. The lowest BCUT2D eigenvalue weighted by Gasteiger charge is -2.50. The van der Waals surface area contributed by atoms with Gasteiger partial charge in [0.1, 0.15) is 18.5 Å². The number of nitrogen functional groups attached to an aromatic ring is 2. The number of β-lactam (4-membered cyclic amide) rings is 1. The number of fused-ring (bicyclic) bond motifs is 1. The van der Waals surface area contributed by atoms with Crippen LogP contribution in [0.15, 0.2) is 53.1 Å². The molecule has 0 bridgehead atoms. The second kappa shape index (κ2) is 10.1. The van der Waals surface area contributed by atoms with Crippen LogP contribution in [0, 0.1) is 0 Å². The minimum atomic E-state index is -1.48. The Balaban J connectivity index is 1.49. The highest BCUT2D eigenvalue weighted by atomic mass is 32.2. The molecule has 2 amide bonds. The first-order chi connectivity index (χ1) is 16.8. The summed E-state index contributed by atoms with van der Waals surface area (Å²) in [5, 5.41) is 17.6. The summed E-state index contributed by atoms with van der Waals surface area (Å²) in [7, 11) is 1.24. The maximum Gasteiger partial charge on any atom is 0.278 e. The number of carboxylic acid groups (broad SMARTS) is 1. The molecule has 4 heterocycles. The first-order valence-electron chi connectivity index (χ1n) is 10.1. The van der Waals surface area contributed by atoms with Crippen molar-refractivity contribution in [3.63, 3.8) is 0 Å². The van der Waals surface area contributed by atoms with Gasteiger partial charge >= 0.3 is 0 Å². The lowest BCUT2D eigenvalue weighted by Crippen LogP contribution is -2.71. The molecule has 35 heavy (non-hydrogen) atoms. The van der Waals surface area contributed by atoms with Crippen LogP contribution in [0.25, 0.3) is 0 Å². The number of nitrogens with two attached hydrogens (primary N) is 2. The summed E-state index contributed by atoms with van der Waals surface area (Å²) < 4.78 is 5.76. The highest BCUT2D eigenvalue weighted by Gasteiger charge is 2.53. The number of pyridine rings is 1. The third kappa shape index (κ3) is 4.95. The van der Waals surface area contributed by atoms with Crippen LogP contribution in [-0.4, -0.2) is 62.0 Å². The number of carbonyl (C=O) groups excluding carboxylic acids is 3. The maximum absolute atomic E-state index is 12.9. The van der Waals surface area contributed by atoms with Crippen molar-refractivity contribution in [3.8, 4) is 0 Å². The van der Waals surface area contributed by atoms with Crippen molar-refractivity contribution in [1.29, 1.82) is 0 Å². The van der Waals surface area contributed by atoms with Crippen molar-refractivity contribution in [2.45, 2.75) is 18.0 Å². The number of oxime groups is 1. The molecular weight excluding hydrogens is 496 g/mol. The van der Waals surface area contributed by atoms with E-state index in [2.05, 4.69) is 19.8 Å². The van der Waals surface area contributed by atoms with Crippen LogP contribution in [0.5, 0.6) is 0 Å². The average Bonchev–Trinajstić information content (AvgIpc) is 3.26. The Hall–Kier alpha value is -3.98. The molecule has 2 aliphatic rings. The van der Waals surface area contributed by atoms with E-state index in [-0.39, 0.29) is 22.4 Å². The van der Waals surface area contributed by atoms with Gasteiger partial charge in [0.15, 0.2) is 24.1 Å². The van der Waals surface area contributed by atoms with Crippen molar-refractivity contribution in [2.75, 3.05) is 24.3 Å². The van der Waals surface area contributed by atoms with Crippen LogP contribution >= 0.6 is 23.3 Å². The van der Waals surface area contributed by atoms with E-state index in [1.54, 1.807) is 30.5 Å². The SMILES string of the molecule is CON=C(C(=O)NC1C(=O)N2C(C(=O)[O-])=C(C=CC[n+]3cccc(N)c3)CS[C@@H]12)c1nsc(N)n1. The fraction of sp³-hybridized carbons (Fsp3) is 0.250. The van der Waals surface area contributed by atoms with E-state index in [1.165, 1.54) is 18.9 Å². The van der Waals surface area contributed by atoms with Crippen LogP contribution in [0.4, 0.5) is 10.8 Å². The van der Waals surface area contributed by atoms with Gasteiger partial charge in [0.05, 0.1) is 17.4 Å². The molecule has 0 saturated carbocycles. The molecule has 0 aromatic carbocycles. The summed E-state index contributed by atoms with van der Waals surface area (Å²) in [6.07, 6.45) is 6.98. The Morgan fingerprint density at radius 3 is 2.91 bits per heavy atom. The van der Waals surface area contributed by atoms with Gasteiger partial charge in [-0.05, 0) is 17.7 Å². The van der Waals surface area contributed by atoms with Gasteiger partial charge < -0.3 is 31.5 Å². The van der Waals surface area contributed by atoms with E-state index >= 15 is 0 Å². The average molecular weight is 517 g/mol. The van der Waals surface area contributed by atoms with Gasteiger partial charge in [-0.25, -0.2) is 0 Å². The number of hydrogen-bond donors (Lipinski definition) is 3. The monoisotopic (exact) mass is 516 g/mol. The zero-order chi connectivity index (χ0) is 25.1. The van der Waals surface area contributed by atoms with Crippen LogP contribution in [-0.2, 0) is 25.8 Å². The van der Waals surface area contributed by atoms with Crippen LogP contribution < -0.4 is 26.5 Å². The first kappa shape index (κ1) is 24.2. The summed E-state index contributed by atoms with van der Waals surface area (Å²) in [5.41, 5.74) is 11.9. The van der Waals surface area contributed by atoms with E-state index in [4.69, 9.17) is 16.3 Å². The molecule has 1 fully saturated rings. The van der Waals surface area contributed by atoms with Gasteiger partial charge in [-0.1, -0.05) is 11.2 Å². The zero-order valence-electron chi connectivity index (χ0n) is 18.3. The highest BCUT2D eigenvalue weighted by molar-refractivity contribution is 8.00. The predicted molar refractivity (Wildman–Crippen MR) is 125 cm³/mol. The smallest absolute Gasteiger partial charge is 0.278 e. The quantitative estimate of drug-likeness (QED) is 0.153. The molecule has 5 N–H and O–H groups in total. The molecule has 2 aromatic rings. The second-order valence-corrected chi connectivity index (χ2v) is 9.23. The standard InChI is InChI=1S/C20H20N8O5S2/c1-33-25-12(15-24-20(22)35-26-15)16(29)23-13-17(30)28-14(19(31)32)10(9-34-18(13)28)4-2-6-27-7-3-5-11(21)8-27/h2-5,7-8,13,18H,6,9,21H2,1H3,(H3-,22,23,24,26,29,31,32)/t13?,18-/m0/s1. The Labute approximate surface area is 207 Å². The van der Waals surface area contributed by atoms with E-state index in [0.717, 1.165) is 16.4 Å². The van der Waals surface area contributed by atoms with Gasteiger partial charge in [-0.3, -0.25) is 14.5 Å². The number of carboxylic acids is 1. The van der Waals surface area contributed by atoms with Crippen LogP contribution in [0.2, 0.25) is 0 Å². The molecule has 15 heteroatoms. The largest absolute Gasteiger partial charge is 0.543 e. The van der Waals surface area contributed by atoms with E-state index in [0.29, 0.717) is 23.6 Å². The van der Waals surface area contributed by atoms with Crippen molar-refractivity contribution in [1.82, 2.24) is 19.6 Å². The lowest BCUT2D eigenvalue weighted by molar-refractivity contribution is -0.686. The molecule has 2 atom stereocenters. The summed E-state index contributed by atoms with van der Waals surface area (Å²) >= 11 is 2.18. The number of nitrogens with one attached hydrogen (secondary N) is 1. The lowest BCUT2D eigenvalue weighted by atomic mass is 10.0. The van der Waals surface area contributed by atoms with Gasteiger partial charge in [-0.15, -0.1) is 11.8 Å².